The first kappa shape index (κ1) is 35.5. The molecule has 8 aromatic rings. The van der Waals surface area contributed by atoms with E-state index < -0.39 is 5.41 Å². The minimum Gasteiger partial charge on any atom is -0.457 e. The lowest BCUT2D eigenvalue weighted by Crippen LogP contribution is -2.32. The standard InChI is InChI=1S/C59H43NO/c1-58(2)52-36-41(39-18-8-5-9-19-39)30-33-46(52)47-34-31-42(37-53(47)58)60(55-27-15-11-22-44(55)40-20-6-3-4-7-21-40)43-32-35-48-45-23-10-12-24-49(45)59(54(48)38-43)50-25-13-16-28-56(50)61-57-29-17-14-26-51(57)59/h3-20,22-38H,21H2,1-2H3. The molecule has 2 nitrogen and oxygen atoms in total. The largest absolute Gasteiger partial charge is 0.457 e. The van der Waals surface area contributed by atoms with Gasteiger partial charge in [-0.25, -0.2) is 0 Å². The Hall–Kier alpha value is -7.42. The summed E-state index contributed by atoms with van der Waals surface area (Å²) in [5.74, 6) is 1.79. The molecule has 0 unspecified atom stereocenters. The van der Waals surface area contributed by atoms with Gasteiger partial charge in [-0.05, 0) is 116 Å². The van der Waals surface area contributed by atoms with Crippen LogP contribution in [0.3, 0.4) is 0 Å². The van der Waals surface area contributed by atoms with Crippen molar-refractivity contribution in [3.05, 3.63) is 251 Å². The Morgan fingerprint density at radius 3 is 1.72 bits per heavy atom. The third-order valence-corrected chi connectivity index (χ3v) is 13.6. The maximum Gasteiger partial charge on any atom is 0.132 e. The molecule has 8 aromatic carbocycles. The molecule has 0 fully saturated rings. The van der Waals surface area contributed by atoms with Gasteiger partial charge in [-0.15, -0.1) is 0 Å². The molecule has 0 amide bonds. The van der Waals surface area contributed by atoms with Gasteiger partial charge in [0.2, 0.25) is 0 Å². The van der Waals surface area contributed by atoms with E-state index in [0.29, 0.717) is 0 Å². The fraction of sp³-hybridized carbons (Fsp3) is 0.0847. The van der Waals surface area contributed by atoms with Gasteiger partial charge in [0.05, 0.1) is 11.1 Å². The van der Waals surface area contributed by atoms with Gasteiger partial charge in [-0.1, -0.05) is 178 Å². The van der Waals surface area contributed by atoms with Crippen LogP contribution >= 0.6 is 0 Å². The number of hydrogen-bond donors (Lipinski definition) is 0. The first-order valence-electron chi connectivity index (χ1n) is 21.4. The molecular weight excluding hydrogens is 739 g/mol. The highest BCUT2D eigenvalue weighted by atomic mass is 16.5. The number of fused-ring (bicyclic) bond motifs is 12. The predicted molar refractivity (Wildman–Crippen MR) is 252 cm³/mol. The van der Waals surface area contributed by atoms with Crippen molar-refractivity contribution in [2.75, 3.05) is 4.90 Å². The molecule has 2 heteroatoms. The Morgan fingerprint density at radius 1 is 0.426 bits per heavy atom. The third kappa shape index (κ3) is 5.22. The van der Waals surface area contributed by atoms with Gasteiger partial charge in [-0.2, -0.15) is 0 Å². The number of anilines is 3. The summed E-state index contributed by atoms with van der Waals surface area (Å²) in [6, 6.07) is 67.3. The number of ether oxygens (including phenoxy) is 1. The van der Waals surface area contributed by atoms with Gasteiger partial charge in [0.1, 0.15) is 11.5 Å². The summed E-state index contributed by atoms with van der Waals surface area (Å²) in [6.07, 6.45) is 11.8. The molecule has 61 heavy (non-hydrogen) atoms. The Labute approximate surface area is 358 Å². The summed E-state index contributed by atoms with van der Waals surface area (Å²) in [7, 11) is 0. The summed E-state index contributed by atoms with van der Waals surface area (Å²) in [6.45, 7) is 4.78. The number of allylic oxidation sites excluding steroid dienone is 6. The van der Waals surface area contributed by atoms with Crippen LogP contribution in [0.5, 0.6) is 11.5 Å². The van der Waals surface area contributed by atoms with Gasteiger partial charge in [0.15, 0.2) is 0 Å². The molecule has 12 rings (SSSR count). The molecule has 0 saturated heterocycles. The van der Waals surface area contributed by atoms with Crippen molar-refractivity contribution in [3.8, 4) is 44.9 Å². The van der Waals surface area contributed by atoms with Crippen LogP contribution in [0.25, 0.3) is 39.0 Å². The number of nitrogens with zero attached hydrogens (tertiary/aromatic N) is 1. The van der Waals surface area contributed by atoms with E-state index in [9.17, 15) is 0 Å². The number of benzene rings is 8. The molecule has 3 aliphatic carbocycles. The van der Waals surface area contributed by atoms with Crippen LogP contribution in [0.4, 0.5) is 17.1 Å². The summed E-state index contributed by atoms with van der Waals surface area (Å²) in [5, 5.41) is 0. The highest BCUT2D eigenvalue weighted by Gasteiger charge is 2.51. The smallest absolute Gasteiger partial charge is 0.132 e. The van der Waals surface area contributed by atoms with Crippen LogP contribution < -0.4 is 9.64 Å². The third-order valence-electron chi connectivity index (χ3n) is 13.6. The number of para-hydroxylation sites is 3. The van der Waals surface area contributed by atoms with Gasteiger partial charge in [0.25, 0.3) is 0 Å². The maximum absolute atomic E-state index is 6.70. The number of hydrogen-bond acceptors (Lipinski definition) is 2. The summed E-state index contributed by atoms with van der Waals surface area (Å²) in [5.41, 5.74) is 20.3. The molecular formula is C59H43NO. The zero-order chi connectivity index (χ0) is 40.7. The van der Waals surface area contributed by atoms with Crippen molar-refractivity contribution >= 4 is 22.6 Å². The van der Waals surface area contributed by atoms with E-state index in [1.54, 1.807) is 0 Å². The molecule has 4 aliphatic rings. The average molecular weight is 782 g/mol. The van der Waals surface area contributed by atoms with E-state index in [1.165, 1.54) is 66.8 Å². The molecule has 1 spiro atoms. The lowest BCUT2D eigenvalue weighted by molar-refractivity contribution is 0.436. The van der Waals surface area contributed by atoms with E-state index in [2.05, 4.69) is 231 Å². The van der Waals surface area contributed by atoms with E-state index >= 15 is 0 Å². The van der Waals surface area contributed by atoms with Crippen LogP contribution in [-0.4, -0.2) is 0 Å². The topological polar surface area (TPSA) is 12.5 Å². The Morgan fingerprint density at radius 2 is 0.984 bits per heavy atom. The highest BCUT2D eigenvalue weighted by molar-refractivity contribution is 5.94. The van der Waals surface area contributed by atoms with Crippen molar-refractivity contribution < 1.29 is 4.74 Å². The molecule has 290 valence electrons. The Bertz CT molecular complexity index is 3130. The van der Waals surface area contributed by atoms with E-state index in [1.807, 2.05) is 0 Å². The van der Waals surface area contributed by atoms with Crippen LogP contribution in [0.1, 0.15) is 59.2 Å². The van der Waals surface area contributed by atoms with Crippen molar-refractivity contribution in [1.82, 2.24) is 0 Å². The maximum atomic E-state index is 6.70. The van der Waals surface area contributed by atoms with Crippen molar-refractivity contribution in [1.29, 1.82) is 0 Å². The van der Waals surface area contributed by atoms with Crippen LogP contribution in [-0.2, 0) is 10.8 Å². The molecule has 1 heterocycles. The van der Waals surface area contributed by atoms with Gasteiger partial charge in [0, 0.05) is 33.5 Å². The molecule has 0 saturated carbocycles. The second-order valence-electron chi connectivity index (χ2n) is 17.2. The Balaban J connectivity index is 1.10. The second-order valence-corrected chi connectivity index (χ2v) is 17.2. The second kappa shape index (κ2) is 13.6. The molecule has 1 aliphatic heterocycles. The fourth-order valence-electron chi connectivity index (χ4n) is 10.8. The van der Waals surface area contributed by atoms with Crippen LogP contribution in [0.15, 0.2) is 212 Å². The Kier molecular flexibility index (Phi) is 7.89. The minimum atomic E-state index is -0.573. The normalized spacial score (nSPS) is 15.3. The van der Waals surface area contributed by atoms with Gasteiger partial charge in [-0.3, -0.25) is 0 Å². The summed E-state index contributed by atoms with van der Waals surface area (Å²) in [4.78, 5) is 2.51. The van der Waals surface area contributed by atoms with Crippen LogP contribution in [0, 0.1) is 0 Å². The summed E-state index contributed by atoms with van der Waals surface area (Å²) < 4.78 is 6.70. The highest BCUT2D eigenvalue weighted by Crippen LogP contribution is 2.63. The van der Waals surface area contributed by atoms with E-state index in [-0.39, 0.29) is 5.41 Å². The zero-order valence-electron chi connectivity index (χ0n) is 34.3. The zero-order valence-corrected chi connectivity index (χ0v) is 34.3. The molecule has 0 bridgehead atoms. The molecule has 0 atom stereocenters. The van der Waals surface area contributed by atoms with Gasteiger partial charge < -0.3 is 9.64 Å². The SMILES string of the molecule is CC1(C)c2cc(-c3ccccc3)ccc2-c2ccc(N(c3ccc4c(c3)C3(c5ccccc5Oc5ccccc53)c3ccccc3-4)c3ccccc3C3=CC=CC=CC3)cc21. The first-order chi connectivity index (χ1) is 30.0. The van der Waals surface area contributed by atoms with Crippen molar-refractivity contribution in [2.24, 2.45) is 0 Å². The average Bonchev–Trinajstić information content (AvgIpc) is 3.51. The lowest BCUT2D eigenvalue weighted by atomic mass is 9.66. The minimum absolute atomic E-state index is 0.213. The lowest BCUT2D eigenvalue weighted by Gasteiger charge is -2.39. The molecule has 0 aromatic heterocycles. The van der Waals surface area contributed by atoms with E-state index in [4.69, 9.17) is 4.74 Å². The first-order valence-corrected chi connectivity index (χ1v) is 21.4. The number of rotatable bonds is 5. The van der Waals surface area contributed by atoms with Gasteiger partial charge >= 0.3 is 0 Å². The van der Waals surface area contributed by atoms with Crippen molar-refractivity contribution in [2.45, 2.75) is 31.1 Å². The molecule has 0 radical (unpaired) electrons. The molecule has 0 N–H and O–H groups in total. The quantitative estimate of drug-likeness (QED) is 0.172. The van der Waals surface area contributed by atoms with Crippen LogP contribution in [0.2, 0.25) is 0 Å². The fourth-order valence-corrected chi connectivity index (χ4v) is 10.8. The van der Waals surface area contributed by atoms with E-state index in [0.717, 1.165) is 46.1 Å². The monoisotopic (exact) mass is 781 g/mol. The van der Waals surface area contributed by atoms with Crippen molar-refractivity contribution in [3.63, 3.8) is 0 Å². The predicted octanol–water partition coefficient (Wildman–Crippen LogP) is 15.5. The summed E-state index contributed by atoms with van der Waals surface area (Å²) >= 11 is 0.